The van der Waals surface area contributed by atoms with Crippen molar-refractivity contribution in [3.05, 3.63) is 138 Å². The smallest absolute Gasteiger partial charge is 0.271 e. The summed E-state index contributed by atoms with van der Waals surface area (Å²) < 4.78 is 8.50. The molecule has 0 spiro atoms. The van der Waals surface area contributed by atoms with Crippen LogP contribution in [-0.4, -0.2) is 14.5 Å². The normalized spacial score (nSPS) is 16.4. The van der Waals surface area contributed by atoms with Gasteiger partial charge in [0.15, 0.2) is 15.1 Å². The van der Waals surface area contributed by atoms with Crippen molar-refractivity contribution in [2.45, 2.75) is 29.1 Å². The molecule has 1 atom stereocenters. The summed E-state index contributed by atoms with van der Waals surface area (Å²) in [6.07, 6.45) is 3.56. The third-order valence-corrected chi connectivity index (χ3v) is 9.54. The second-order valence-corrected chi connectivity index (χ2v) is 12.4. The van der Waals surface area contributed by atoms with Crippen molar-refractivity contribution >= 4 is 57.5 Å². The Balaban J connectivity index is 1.22. The molecular formula is C32H21ClN4O2S2. The molecule has 6 nitrogen and oxygen atoms in total. The van der Waals surface area contributed by atoms with Gasteiger partial charge in [-0.3, -0.25) is 9.36 Å². The molecule has 1 aliphatic heterocycles. The van der Waals surface area contributed by atoms with Crippen LogP contribution >= 0.6 is 34.7 Å². The highest BCUT2D eigenvalue weighted by molar-refractivity contribution is 7.99. The second kappa shape index (κ2) is 9.76. The number of halogens is 1. The molecule has 1 N–H and O–H groups in total. The fourth-order valence-electron chi connectivity index (χ4n) is 5.64. The van der Waals surface area contributed by atoms with Gasteiger partial charge in [0.1, 0.15) is 5.76 Å². The van der Waals surface area contributed by atoms with Gasteiger partial charge >= 0.3 is 0 Å². The molecule has 8 rings (SSSR count). The molecule has 0 saturated carbocycles. The zero-order chi connectivity index (χ0) is 27.5. The molecule has 4 heterocycles. The van der Waals surface area contributed by atoms with Gasteiger partial charge in [-0.1, -0.05) is 71.5 Å². The first kappa shape index (κ1) is 24.7. The molecule has 0 unspecified atom stereocenters. The van der Waals surface area contributed by atoms with Crippen LogP contribution in [0.3, 0.4) is 0 Å². The van der Waals surface area contributed by atoms with E-state index >= 15 is 0 Å². The van der Waals surface area contributed by atoms with Gasteiger partial charge in [0.2, 0.25) is 0 Å². The van der Waals surface area contributed by atoms with E-state index in [2.05, 4.69) is 34.2 Å². The van der Waals surface area contributed by atoms with Gasteiger partial charge in [0.25, 0.3) is 5.56 Å². The number of nitrogens with one attached hydrogen (secondary N) is 1. The number of aromatic nitrogens is 3. The maximum Gasteiger partial charge on any atom is 0.271 e. The Morgan fingerprint density at radius 3 is 2.71 bits per heavy atom. The number of H-pyrrole nitrogens is 1. The molecule has 3 aromatic carbocycles. The fourth-order valence-corrected chi connectivity index (χ4v) is 7.51. The van der Waals surface area contributed by atoms with Crippen molar-refractivity contribution in [3.63, 3.8) is 0 Å². The summed E-state index contributed by atoms with van der Waals surface area (Å²) >= 11 is 9.03. The number of aromatic amines is 1. The van der Waals surface area contributed by atoms with Crippen molar-refractivity contribution in [2.75, 3.05) is 0 Å². The number of allylic oxidation sites excluding steroid dienone is 1. The highest BCUT2D eigenvalue weighted by Crippen LogP contribution is 2.41. The highest BCUT2D eigenvalue weighted by Gasteiger charge is 2.32. The first-order valence-corrected chi connectivity index (χ1v) is 15.2. The van der Waals surface area contributed by atoms with E-state index in [4.69, 9.17) is 21.0 Å². The van der Waals surface area contributed by atoms with E-state index in [1.807, 2.05) is 71.3 Å². The Morgan fingerprint density at radius 1 is 1.00 bits per heavy atom. The lowest BCUT2D eigenvalue weighted by Gasteiger charge is -2.30. The molecular weight excluding hydrogens is 572 g/mol. The summed E-state index contributed by atoms with van der Waals surface area (Å²) in [6, 6.07) is 27.6. The number of nitrogens with zero attached hydrogens (tertiary/aromatic N) is 3. The largest absolute Gasteiger partial charge is 0.450 e. The maximum absolute atomic E-state index is 14.0. The molecule has 0 fully saturated rings. The standard InChI is InChI=1S/C32H21ClN4O2S2/c33-20-12-9-19(10-13-20)29-23-15-11-18-5-1-2-6-22(18)28(23)36-32-37(29)30(38)26(40-32)17-21-14-16-27(39-21)41-31-34-24-7-3-4-8-25(24)35-31/h1-10,12-14,16-17,29H,11,15H2,(H,34,35)/b26-17-/t29-/m0/s1. The molecule has 2 aliphatic rings. The van der Waals surface area contributed by atoms with Crippen LogP contribution in [0.15, 0.2) is 115 Å². The number of para-hydroxylation sites is 2. The molecule has 0 amide bonds. The molecule has 0 saturated heterocycles. The third-order valence-electron chi connectivity index (χ3n) is 7.50. The monoisotopic (exact) mass is 592 g/mol. The molecule has 200 valence electrons. The van der Waals surface area contributed by atoms with Gasteiger partial charge in [-0.15, -0.1) is 0 Å². The van der Waals surface area contributed by atoms with Gasteiger partial charge in [-0.2, -0.15) is 0 Å². The first-order valence-electron chi connectivity index (χ1n) is 13.2. The molecule has 9 heteroatoms. The van der Waals surface area contributed by atoms with Crippen molar-refractivity contribution in [2.24, 2.45) is 4.99 Å². The van der Waals surface area contributed by atoms with Crippen LogP contribution < -0.4 is 14.9 Å². The van der Waals surface area contributed by atoms with Crippen LogP contribution in [0.1, 0.15) is 34.9 Å². The lowest BCUT2D eigenvalue weighted by Crippen LogP contribution is -2.38. The molecule has 3 aromatic heterocycles. The fraction of sp³-hybridized carbons (Fsp3) is 0.0938. The highest BCUT2D eigenvalue weighted by atomic mass is 35.5. The van der Waals surface area contributed by atoms with E-state index in [1.54, 1.807) is 0 Å². The van der Waals surface area contributed by atoms with Crippen molar-refractivity contribution in [3.8, 4) is 0 Å². The lowest BCUT2D eigenvalue weighted by molar-refractivity contribution is 0.466. The summed E-state index contributed by atoms with van der Waals surface area (Å²) in [4.78, 5) is 27.6. The summed E-state index contributed by atoms with van der Waals surface area (Å²) in [5.41, 5.74) is 7.38. The Labute approximate surface area is 247 Å². The van der Waals surface area contributed by atoms with Gasteiger partial charge in [0, 0.05) is 16.7 Å². The second-order valence-electron chi connectivity index (χ2n) is 9.98. The van der Waals surface area contributed by atoms with Crippen molar-refractivity contribution in [1.82, 2.24) is 14.5 Å². The zero-order valence-corrected chi connectivity index (χ0v) is 23.9. The molecule has 1 aliphatic carbocycles. The van der Waals surface area contributed by atoms with E-state index in [1.165, 1.54) is 28.7 Å². The van der Waals surface area contributed by atoms with Crippen LogP contribution in [0, 0.1) is 0 Å². The first-order chi connectivity index (χ1) is 20.1. The Kier molecular flexibility index (Phi) is 5.87. The number of benzene rings is 3. The number of aryl methyl sites for hydroxylation is 1. The minimum atomic E-state index is -0.246. The molecule has 6 aromatic rings. The number of thiazole rings is 1. The van der Waals surface area contributed by atoms with E-state index in [0.717, 1.165) is 51.4 Å². The van der Waals surface area contributed by atoms with Crippen LogP contribution in [0.25, 0.3) is 22.8 Å². The number of hydrogen-bond donors (Lipinski definition) is 1. The van der Waals surface area contributed by atoms with Crippen LogP contribution in [0.2, 0.25) is 5.02 Å². The number of furan rings is 1. The van der Waals surface area contributed by atoms with Crippen LogP contribution in [0.5, 0.6) is 0 Å². The van der Waals surface area contributed by atoms with Crippen LogP contribution in [0.4, 0.5) is 0 Å². The summed E-state index contributed by atoms with van der Waals surface area (Å²) in [5.74, 6) is 0.603. The van der Waals surface area contributed by atoms with Crippen molar-refractivity contribution < 1.29 is 4.42 Å². The number of fused-ring (bicyclic) bond motifs is 4. The Hall–Kier alpha value is -4.11. The SMILES string of the molecule is O=c1/c(=C/c2ccc(Sc3nc4ccccc4[nH]3)o2)sc2n1[C@@H](c1ccc(Cl)cc1)C1=C(N=2)c2ccccc2CC1. The summed E-state index contributed by atoms with van der Waals surface area (Å²) in [6.45, 7) is 0. The number of hydrogen-bond acceptors (Lipinski definition) is 6. The minimum Gasteiger partial charge on any atom is -0.450 e. The number of rotatable bonds is 4. The molecule has 0 bridgehead atoms. The maximum atomic E-state index is 14.0. The predicted molar refractivity (Wildman–Crippen MR) is 163 cm³/mol. The number of imidazole rings is 1. The molecule has 41 heavy (non-hydrogen) atoms. The lowest BCUT2D eigenvalue weighted by atomic mass is 9.83. The topological polar surface area (TPSA) is 76.2 Å². The van der Waals surface area contributed by atoms with E-state index in [-0.39, 0.29) is 11.6 Å². The quantitative estimate of drug-likeness (QED) is 0.250. The van der Waals surface area contributed by atoms with Crippen molar-refractivity contribution in [1.29, 1.82) is 0 Å². The minimum absolute atomic E-state index is 0.0815. The average molecular weight is 593 g/mol. The Morgan fingerprint density at radius 2 is 1.83 bits per heavy atom. The average Bonchev–Trinajstić information content (AvgIpc) is 3.70. The van der Waals surface area contributed by atoms with E-state index in [0.29, 0.717) is 25.2 Å². The van der Waals surface area contributed by atoms with Gasteiger partial charge in [-0.25, -0.2) is 9.98 Å². The predicted octanol–water partition coefficient (Wildman–Crippen LogP) is 6.59. The molecule has 0 radical (unpaired) electrons. The third kappa shape index (κ3) is 4.30. The summed E-state index contributed by atoms with van der Waals surface area (Å²) in [5, 5.41) is 2.10. The van der Waals surface area contributed by atoms with E-state index < -0.39 is 0 Å². The van der Waals surface area contributed by atoms with Crippen LogP contribution in [-0.2, 0) is 6.42 Å². The van der Waals surface area contributed by atoms with Gasteiger partial charge in [-0.05, 0) is 77.7 Å². The zero-order valence-electron chi connectivity index (χ0n) is 21.5. The summed E-state index contributed by atoms with van der Waals surface area (Å²) in [7, 11) is 0. The Bertz CT molecular complexity index is 2150. The van der Waals surface area contributed by atoms with Gasteiger partial charge < -0.3 is 9.40 Å². The van der Waals surface area contributed by atoms with E-state index in [9.17, 15) is 4.79 Å². The van der Waals surface area contributed by atoms with Gasteiger partial charge in [0.05, 0.1) is 27.3 Å².